The standard InChI is InChI=1S/C16H19NO/c1-16(2,13-7-5-4-6-8-13)17-14-9-11-15(18-3)12-10-14/h4-12,17H,1-3H3. The van der Waals surface area contributed by atoms with E-state index in [-0.39, 0.29) is 5.54 Å². The van der Waals surface area contributed by atoms with E-state index >= 15 is 0 Å². The average molecular weight is 241 g/mol. The number of benzene rings is 2. The number of ether oxygens (including phenoxy) is 1. The van der Waals surface area contributed by atoms with Crippen LogP contribution in [0, 0.1) is 0 Å². The molecule has 0 bridgehead atoms. The molecule has 0 aliphatic heterocycles. The summed E-state index contributed by atoms with van der Waals surface area (Å²) < 4.78 is 5.16. The van der Waals surface area contributed by atoms with Crippen LogP contribution in [0.4, 0.5) is 5.69 Å². The molecule has 0 saturated carbocycles. The van der Waals surface area contributed by atoms with Gasteiger partial charge in [-0.3, -0.25) is 0 Å². The largest absolute Gasteiger partial charge is 0.497 e. The molecule has 0 atom stereocenters. The minimum Gasteiger partial charge on any atom is -0.497 e. The minimum absolute atomic E-state index is 0.101. The first-order valence-electron chi connectivity index (χ1n) is 6.09. The predicted molar refractivity (Wildman–Crippen MR) is 76.1 cm³/mol. The van der Waals surface area contributed by atoms with E-state index in [1.165, 1.54) is 5.56 Å². The maximum atomic E-state index is 5.16. The molecule has 0 aliphatic carbocycles. The molecule has 18 heavy (non-hydrogen) atoms. The smallest absolute Gasteiger partial charge is 0.119 e. The summed E-state index contributed by atoms with van der Waals surface area (Å²) in [4.78, 5) is 0. The molecule has 0 unspecified atom stereocenters. The van der Waals surface area contributed by atoms with Gasteiger partial charge in [0.15, 0.2) is 0 Å². The molecule has 2 rings (SSSR count). The lowest BCUT2D eigenvalue weighted by atomic mass is 9.94. The Hall–Kier alpha value is -1.96. The van der Waals surface area contributed by atoms with Crippen molar-refractivity contribution in [3.63, 3.8) is 0 Å². The van der Waals surface area contributed by atoms with Gasteiger partial charge in [-0.2, -0.15) is 0 Å². The summed E-state index contributed by atoms with van der Waals surface area (Å²) in [5.41, 5.74) is 2.25. The maximum Gasteiger partial charge on any atom is 0.119 e. The molecular formula is C16H19NO. The number of rotatable bonds is 4. The fraction of sp³-hybridized carbons (Fsp3) is 0.250. The van der Waals surface area contributed by atoms with Gasteiger partial charge in [-0.05, 0) is 43.7 Å². The SMILES string of the molecule is COc1ccc(NC(C)(C)c2ccccc2)cc1. The third-order valence-corrected chi connectivity index (χ3v) is 3.04. The monoisotopic (exact) mass is 241 g/mol. The van der Waals surface area contributed by atoms with Crippen molar-refractivity contribution in [1.82, 2.24) is 0 Å². The van der Waals surface area contributed by atoms with E-state index in [0.29, 0.717) is 0 Å². The molecule has 0 aliphatic rings. The summed E-state index contributed by atoms with van der Waals surface area (Å²) in [7, 11) is 1.68. The highest BCUT2D eigenvalue weighted by Gasteiger charge is 2.19. The van der Waals surface area contributed by atoms with E-state index in [1.807, 2.05) is 30.3 Å². The second-order valence-corrected chi connectivity index (χ2v) is 4.84. The summed E-state index contributed by atoms with van der Waals surface area (Å²) in [6, 6.07) is 18.4. The molecule has 1 N–H and O–H groups in total. The quantitative estimate of drug-likeness (QED) is 0.872. The van der Waals surface area contributed by atoms with Crippen molar-refractivity contribution < 1.29 is 4.74 Å². The van der Waals surface area contributed by atoms with Gasteiger partial charge in [-0.15, -0.1) is 0 Å². The molecule has 2 aromatic carbocycles. The molecule has 0 radical (unpaired) electrons. The zero-order valence-electron chi connectivity index (χ0n) is 11.1. The van der Waals surface area contributed by atoms with Crippen LogP contribution in [0.2, 0.25) is 0 Å². The number of hydrogen-bond acceptors (Lipinski definition) is 2. The highest BCUT2D eigenvalue weighted by Crippen LogP contribution is 2.26. The molecule has 0 saturated heterocycles. The molecule has 0 fully saturated rings. The van der Waals surface area contributed by atoms with Crippen LogP contribution in [0.15, 0.2) is 54.6 Å². The van der Waals surface area contributed by atoms with Crippen molar-refractivity contribution in [1.29, 1.82) is 0 Å². The van der Waals surface area contributed by atoms with E-state index in [2.05, 4.69) is 43.4 Å². The predicted octanol–water partition coefficient (Wildman–Crippen LogP) is 4.04. The van der Waals surface area contributed by atoms with Crippen LogP contribution in [0.3, 0.4) is 0 Å². The van der Waals surface area contributed by atoms with Gasteiger partial charge < -0.3 is 10.1 Å². The number of anilines is 1. The first-order valence-corrected chi connectivity index (χ1v) is 6.09. The average Bonchev–Trinajstić information content (AvgIpc) is 2.40. The van der Waals surface area contributed by atoms with Crippen LogP contribution in [0.1, 0.15) is 19.4 Å². The van der Waals surface area contributed by atoms with Gasteiger partial charge >= 0.3 is 0 Å². The van der Waals surface area contributed by atoms with Gasteiger partial charge in [-0.1, -0.05) is 30.3 Å². The molecule has 0 amide bonds. The molecule has 2 aromatic rings. The molecule has 2 nitrogen and oxygen atoms in total. The van der Waals surface area contributed by atoms with Crippen LogP contribution in [-0.4, -0.2) is 7.11 Å². The Morgan fingerprint density at radius 2 is 1.50 bits per heavy atom. The molecular weight excluding hydrogens is 222 g/mol. The van der Waals surface area contributed by atoms with Gasteiger partial charge in [0.25, 0.3) is 0 Å². The molecule has 0 aromatic heterocycles. The Morgan fingerprint density at radius 1 is 0.889 bits per heavy atom. The third-order valence-electron chi connectivity index (χ3n) is 3.04. The van der Waals surface area contributed by atoms with Crippen molar-refractivity contribution in [3.8, 4) is 5.75 Å². The van der Waals surface area contributed by atoms with Crippen molar-refractivity contribution in [2.45, 2.75) is 19.4 Å². The zero-order valence-corrected chi connectivity index (χ0v) is 11.1. The maximum absolute atomic E-state index is 5.16. The van der Waals surface area contributed by atoms with Crippen molar-refractivity contribution >= 4 is 5.69 Å². The highest BCUT2D eigenvalue weighted by molar-refractivity contribution is 5.49. The van der Waals surface area contributed by atoms with Gasteiger partial charge in [0.05, 0.1) is 12.6 Å². The van der Waals surface area contributed by atoms with E-state index in [9.17, 15) is 0 Å². The second kappa shape index (κ2) is 5.13. The second-order valence-electron chi connectivity index (χ2n) is 4.84. The Labute approximate surface area is 109 Å². The summed E-state index contributed by atoms with van der Waals surface area (Å²) >= 11 is 0. The van der Waals surface area contributed by atoms with Crippen LogP contribution >= 0.6 is 0 Å². The van der Waals surface area contributed by atoms with Crippen LogP contribution in [0.25, 0.3) is 0 Å². The summed E-state index contributed by atoms with van der Waals surface area (Å²) in [5, 5.41) is 3.53. The van der Waals surface area contributed by atoms with E-state index < -0.39 is 0 Å². The number of nitrogens with one attached hydrogen (secondary N) is 1. The lowest BCUT2D eigenvalue weighted by Crippen LogP contribution is -2.27. The van der Waals surface area contributed by atoms with Gasteiger partial charge in [0, 0.05) is 5.69 Å². The normalized spacial score (nSPS) is 11.1. The molecule has 0 heterocycles. The van der Waals surface area contributed by atoms with Gasteiger partial charge in [0.2, 0.25) is 0 Å². The van der Waals surface area contributed by atoms with E-state index in [4.69, 9.17) is 4.74 Å². The fourth-order valence-electron chi connectivity index (χ4n) is 1.96. The topological polar surface area (TPSA) is 21.3 Å². The lowest BCUT2D eigenvalue weighted by molar-refractivity contribution is 0.415. The van der Waals surface area contributed by atoms with Crippen molar-refractivity contribution in [3.05, 3.63) is 60.2 Å². The number of methoxy groups -OCH3 is 1. The Kier molecular flexibility index (Phi) is 3.56. The van der Waals surface area contributed by atoms with Gasteiger partial charge in [-0.25, -0.2) is 0 Å². The van der Waals surface area contributed by atoms with Gasteiger partial charge in [0.1, 0.15) is 5.75 Å². The molecule has 94 valence electrons. The summed E-state index contributed by atoms with van der Waals surface area (Å²) in [6.45, 7) is 4.35. The van der Waals surface area contributed by atoms with Crippen LogP contribution in [0.5, 0.6) is 5.75 Å². The van der Waals surface area contributed by atoms with Crippen LogP contribution < -0.4 is 10.1 Å². The summed E-state index contributed by atoms with van der Waals surface area (Å²) in [6.07, 6.45) is 0. The van der Waals surface area contributed by atoms with Crippen molar-refractivity contribution in [2.75, 3.05) is 12.4 Å². The van der Waals surface area contributed by atoms with Crippen molar-refractivity contribution in [2.24, 2.45) is 0 Å². The molecule has 2 heteroatoms. The lowest BCUT2D eigenvalue weighted by Gasteiger charge is -2.28. The first kappa shape index (κ1) is 12.5. The highest BCUT2D eigenvalue weighted by atomic mass is 16.5. The van der Waals surface area contributed by atoms with Crippen LogP contribution in [-0.2, 0) is 5.54 Å². The zero-order chi connectivity index (χ0) is 13.0. The minimum atomic E-state index is -0.101. The molecule has 0 spiro atoms. The first-order chi connectivity index (χ1) is 8.62. The fourth-order valence-corrected chi connectivity index (χ4v) is 1.96. The van der Waals surface area contributed by atoms with E-state index in [0.717, 1.165) is 11.4 Å². The summed E-state index contributed by atoms with van der Waals surface area (Å²) in [5.74, 6) is 0.873. The Bertz CT molecular complexity index is 488. The Balaban J connectivity index is 2.16. The van der Waals surface area contributed by atoms with E-state index in [1.54, 1.807) is 7.11 Å². The number of hydrogen-bond donors (Lipinski definition) is 1. The third kappa shape index (κ3) is 2.83. The Morgan fingerprint density at radius 3 is 2.06 bits per heavy atom.